The SMILES string of the molecule is Cc1ccc(C=NOC(c2ccccc2)c2ccccc2)cc1. The molecule has 0 amide bonds. The highest BCUT2D eigenvalue weighted by Crippen LogP contribution is 2.25. The number of hydrogen-bond acceptors (Lipinski definition) is 2. The first-order chi connectivity index (χ1) is 11.3. The number of hydrogen-bond donors (Lipinski definition) is 0. The lowest BCUT2D eigenvalue weighted by Gasteiger charge is -2.15. The van der Waals surface area contributed by atoms with Crippen LogP contribution in [0.5, 0.6) is 0 Å². The summed E-state index contributed by atoms with van der Waals surface area (Å²) in [5.74, 6) is 0. The van der Waals surface area contributed by atoms with E-state index in [1.165, 1.54) is 5.56 Å². The maximum atomic E-state index is 5.82. The van der Waals surface area contributed by atoms with Gasteiger partial charge in [-0.1, -0.05) is 95.6 Å². The monoisotopic (exact) mass is 301 g/mol. The van der Waals surface area contributed by atoms with E-state index in [-0.39, 0.29) is 6.10 Å². The molecule has 3 aromatic carbocycles. The molecule has 2 heteroatoms. The molecule has 3 rings (SSSR count). The van der Waals surface area contributed by atoms with Gasteiger partial charge >= 0.3 is 0 Å². The molecule has 0 aliphatic heterocycles. The molecule has 0 radical (unpaired) electrons. The van der Waals surface area contributed by atoms with Crippen molar-refractivity contribution in [3.63, 3.8) is 0 Å². The van der Waals surface area contributed by atoms with Crippen LogP contribution >= 0.6 is 0 Å². The van der Waals surface area contributed by atoms with Crippen LogP contribution < -0.4 is 0 Å². The van der Waals surface area contributed by atoms with Gasteiger partial charge in [-0.05, 0) is 23.6 Å². The van der Waals surface area contributed by atoms with E-state index in [9.17, 15) is 0 Å². The lowest BCUT2D eigenvalue weighted by molar-refractivity contribution is 0.0888. The number of oxime groups is 1. The van der Waals surface area contributed by atoms with E-state index in [0.717, 1.165) is 16.7 Å². The Kier molecular flexibility index (Phi) is 4.85. The average molecular weight is 301 g/mol. The number of benzene rings is 3. The van der Waals surface area contributed by atoms with E-state index in [4.69, 9.17) is 4.84 Å². The second-order valence-corrected chi connectivity index (χ2v) is 5.45. The van der Waals surface area contributed by atoms with E-state index in [2.05, 4.69) is 48.5 Å². The molecule has 0 aliphatic carbocycles. The number of rotatable bonds is 5. The minimum absolute atomic E-state index is 0.209. The predicted molar refractivity (Wildman–Crippen MR) is 94.6 cm³/mol. The summed E-state index contributed by atoms with van der Waals surface area (Å²) in [6.07, 6.45) is 1.54. The molecule has 0 aromatic heterocycles. The van der Waals surface area contributed by atoms with Crippen LogP contribution in [-0.2, 0) is 4.84 Å². The van der Waals surface area contributed by atoms with Crippen LogP contribution in [0, 0.1) is 6.92 Å². The minimum atomic E-state index is -0.209. The minimum Gasteiger partial charge on any atom is -0.383 e. The van der Waals surface area contributed by atoms with Gasteiger partial charge in [0.25, 0.3) is 0 Å². The Bertz CT molecular complexity index is 709. The van der Waals surface area contributed by atoms with Gasteiger partial charge in [0.05, 0.1) is 6.21 Å². The molecular weight excluding hydrogens is 282 g/mol. The maximum Gasteiger partial charge on any atom is 0.177 e. The second kappa shape index (κ2) is 7.41. The highest BCUT2D eigenvalue weighted by atomic mass is 16.6. The maximum absolute atomic E-state index is 5.82. The lowest BCUT2D eigenvalue weighted by atomic mass is 10.0. The molecule has 23 heavy (non-hydrogen) atoms. The van der Waals surface area contributed by atoms with Gasteiger partial charge in [-0.25, -0.2) is 0 Å². The number of aryl methyl sites for hydroxylation is 1. The fourth-order valence-corrected chi connectivity index (χ4v) is 2.37. The number of nitrogens with zero attached hydrogens (tertiary/aromatic N) is 1. The molecular formula is C21H19NO. The molecule has 0 atom stereocenters. The first kappa shape index (κ1) is 15.0. The fourth-order valence-electron chi connectivity index (χ4n) is 2.37. The van der Waals surface area contributed by atoms with Gasteiger partial charge in [0.2, 0.25) is 0 Å². The van der Waals surface area contributed by atoms with Gasteiger partial charge in [0, 0.05) is 0 Å². The van der Waals surface area contributed by atoms with Gasteiger partial charge in [-0.15, -0.1) is 0 Å². The lowest BCUT2D eigenvalue weighted by Crippen LogP contribution is -2.03. The zero-order valence-electron chi connectivity index (χ0n) is 13.1. The molecule has 114 valence electrons. The van der Waals surface area contributed by atoms with Crippen LogP contribution in [0.1, 0.15) is 28.4 Å². The molecule has 2 nitrogen and oxygen atoms in total. The van der Waals surface area contributed by atoms with Gasteiger partial charge in [0.15, 0.2) is 6.10 Å². The van der Waals surface area contributed by atoms with Crippen LogP contribution in [-0.4, -0.2) is 6.21 Å². The van der Waals surface area contributed by atoms with E-state index >= 15 is 0 Å². The summed E-state index contributed by atoms with van der Waals surface area (Å²) in [4.78, 5) is 5.82. The Balaban J connectivity index is 1.81. The van der Waals surface area contributed by atoms with E-state index < -0.39 is 0 Å². The largest absolute Gasteiger partial charge is 0.383 e. The molecule has 0 saturated heterocycles. The summed E-state index contributed by atoms with van der Waals surface area (Å²) >= 11 is 0. The summed E-state index contributed by atoms with van der Waals surface area (Å²) in [6.45, 7) is 2.07. The molecule has 0 unspecified atom stereocenters. The Labute approximate surface area is 137 Å². The molecule has 0 fully saturated rings. The molecule has 0 saturated carbocycles. The summed E-state index contributed by atoms with van der Waals surface area (Å²) in [7, 11) is 0. The molecule has 0 bridgehead atoms. The second-order valence-electron chi connectivity index (χ2n) is 5.45. The summed E-state index contributed by atoms with van der Waals surface area (Å²) < 4.78 is 0. The summed E-state index contributed by atoms with van der Waals surface area (Å²) in [5.41, 5.74) is 4.42. The van der Waals surface area contributed by atoms with Crippen LogP contribution in [0.2, 0.25) is 0 Å². The summed E-state index contributed by atoms with van der Waals surface area (Å²) in [5, 5.41) is 4.20. The Morgan fingerprint density at radius 3 is 1.78 bits per heavy atom. The van der Waals surface area contributed by atoms with Gasteiger partial charge in [-0.3, -0.25) is 0 Å². The standard InChI is InChI=1S/C21H19NO/c1-17-12-14-18(15-13-17)16-22-23-21(19-8-4-2-5-9-19)20-10-6-3-7-11-20/h2-16,21H,1H3. The van der Waals surface area contributed by atoms with Gasteiger partial charge < -0.3 is 4.84 Å². The fraction of sp³-hybridized carbons (Fsp3) is 0.0952. The van der Waals surface area contributed by atoms with Crippen molar-refractivity contribution < 1.29 is 4.84 Å². The van der Waals surface area contributed by atoms with E-state index in [0.29, 0.717) is 0 Å². The van der Waals surface area contributed by atoms with Crippen molar-refractivity contribution in [1.29, 1.82) is 0 Å². The highest BCUT2D eigenvalue weighted by Gasteiger charge is 2.14. The Hall–Kier alpha value is -2.87. The van der Waals surface area contributed by atoms with Crippen molar-refractivity contribution >= 4 is 6.21 Å². The van der Waals surface area contributed by atoms with Crippen molar-refractivity contribution in [2.24, 2.45) is 5.16 Å². The molecule has 0 aliphatic rings. The third-order valence-corrected chi connectivity index (χ3v) is 3.65. The van der Waals surface area contributed by atoms with Gasteiger partial charge in [-0.2, -0.15) is 0 Å². The van der Waals surface area contributed by atoms with Crippen molar-refractivity contribution in [1.82, 2.24) is 0 Å². The average Bonchev–Trinajstić information content (AvgIpc) is 2.62. The quantitative estimate of drug-likeness (QED) is 0.472. The van der Waals surface area contributed by atoms with Crippen LogP contribution in [0.4, 0.5) is 0 Å². The highest BCUT2D eigenvalue weighted by molar-refractivity contribution is 5.79. The molecule has 3 aromatic rings. The van der Waals surface area contributed by atoms with Crippen molar-refractivity contribution in [2.45, 2.75) is 13.0 Å². The molecule has 0 heterocycles. The zero-order valence-corrected chi connectivity index (χ0v) is 13.1. The third kappa shape index (κ3) is 4.07. The Morgan fingerprint density at radius 1 is 0.739 bits per heavy atom. The van der Waals surface area contributed by atoms with Crippen molar-refractivity contribution in [3.05, 3.63) is 107 Å². The topological polar surface area (TPSA) is 21.6 Å². The van der Waals surface area contributed by atoms with Crippen molar-refractivity contribution in [2.75, 3.05) is 0 Å². The van der Waals surface area contributed by atoms with E-state index in [1.54, 1.807) is 6.21 Å². The van der Waals surface area contributed by atoms with Crippen LogP contribution in [0.3, 0.4) is 0 Å². The zero-order chi connectivity index (χ0) is 15.9. The van der Waals surface area contributed by atoms with Gasteiger partial charge in [0.1, 0.15) is 0 Å². The molecule has 0 N–H and O–H groups in total. The normalized spacial score (nSPS) is 11.0. The van der Waals surface area contributed by atoms with Crippen LogP contribution in [0.25, 0.3) is 0 Å². The Morgan fingerprint density at radius 2 is 1.26 bits per heavy atom. The summed E-state index contributed by atoms with van der Waals surface area (Å²) in [6, 6.07) is 28.5. The van der Waals surface area contributed by atoms with Crippen LogP contribution in [0.15, 0.2) is 90.1 Å². The van der Waals surface area contributed by atoms with Crippen molar-refractivity contribution in [3.8, 4) is 0 Å². The predicted octanol–water partition coefficient (Wildman–Crippen LogP) is 5.14. The van der Waals surface area contributed by atoms with E-state index in [1.807, 2.05) is 48.5 Å². The smallest absolute Gasteiger partial charge is 0.177 e. The molecule has 0 spiro atoms. The first-order valence-electron chi connectivity index (χ1n) is 7.69. The third-order valence-electron chi connectivity index (χ3n) is 3.65. The first-order valence-corrected chi connectivity index (χ1v) is 7.69.